The second-order valence-corrected chi connectivity index (χ2v) is 5.45. The molecular weight excluding hydrogens is 270 g/mol. The number of rotatable bonds is 4. The van der Waals surface area contributed by atoms with Crippen molar-refractivity contribution < 1.29 is 19.1 Å². The van der Waals surface area contributed by atoms with Crippen LogP contribution >= 0.6 is 0 Å². The van der Waals surface area contributed by atoms with Gasteiger partial charge in [-0.15, -0.1) is 0 Å². The maximum Gasteiger partial charge on any atom is 0.314 e. The summed E-state index contributed by atoms with van der Waals surface area (Å²) in [5.41, 5.74) is 0.692. The van der Waals surface area contributed by atoms with Crippen molar-refractivity contribution in [2.75, 3.05) is 7.11 Å². The van der Waals surface area contributed by atoms with E-state index < -0.39 is 0 Å². The van der Waals surface area contributed by atoms with E-state index in [1.807, 2.05) is 0 Å². The van der Waals surface area contributed by atoms with Crippen molar-refractivity contribution in [3.05, 3.63) is 29.8 Å². The van der Waals surface area contributed by atoms with Gasteiger partial charge >= 0.3 is 5.97 Å². The molecule has 0 saturated heterocycles. The lowest BCUT2D eigenvalue weighted by Gasteiger charge is -2.07. The van der Waals surface area contributed by atoms with Crippen LogP contribution in [0.2, 0.25) is 0 Å². The molecule has 2 fully saturated rings. The van der Waals surface area contributed by atoms with Crippen LogP contribution in [0.1, 0.15) is 31.2 Å². The van der Waals surface area contributed by atoms with Crippen molar-refractivity contribution in [1.29, 1.82) is 0 Å². The van der Waals surface area contributed by atoms with Crippen LogP contribution in [0.4, 0.5) is 0 Å². The maximum absolute atomic E-state index is 11.7. The summed E-state index contributed by atoms with van der Waals surface area (Å²) < 4.78 is 10.4. The molecule has 1 aromatic rings. The second-order valence-electron chi connectivity index (χ2n) is 5.45. The first-order chi connectivity index (χ1) is 10.2. The highest BCUT2D eigenvalue weighted by atomic mass is 16.5. The maximum atomic E-state index is 11.7. The number of carbonyl (C=O) groups excluding carboxylic acids is 2. The van der Waals surface area contributed by atoms with Crippen LogP contribution in [0, 0.1) is 11.8 Å². The Balaban J connectivity index is 1.69. The third kappa shape index (κ3) is 3.48. The minimum Gasteiger partial charge on any atom is -0.480 e. The average molecular weight is 287 g/mol. The molecule has 21 heavy (non-hydrogen) atoms. The Hall–Kier alpha value is -2.17. The molecule has 0 radical (unpaired) electrons. The monoisotopic (exact) mass is 287 g/mol. The minimum absolute atomic E-state index is 0.0638. The zero-order valence-corrected chi connectivity index (χ0v) is 11.9. The van der Waals surface area contributed by atoms with E-state index in [0.717, 1.165) is 25.7 Å². The Labute approximate surface area is 123 Å². The van der Waals surface area contributed by atoms with Crippen LogP contribution in [0.5, 0.6) is 5.75 Å². The number of methoxy groups -OCH3 is 1. The van der Waals surface area contributed by atoms with Crippen LogP contribution in [-0.2, 0) is 14.3 Å². The molecule has 0 heterocycles. The third-order valence-electron chi connectivity index (χ3n) is 3.56. The molecule has 2 aliphatic carbocycles. The van der Waals surface area contributed by atoms with Crippen molar-refractivity contribution in [1.82, 2.24) is 0 Å². The lowest BCUT2D eigenvalue weighted by Crippen LogP contribution is -2.11. The molecule has 2 aliphatic rings. The van der Waals surface area contributed by atoms with E-state index in [9.17, 15) is 9.59 Å². The molecule has 0 atom stereocenters. The first kappa shape index (κ1) is 13.8. The molecular formula is C16H17NO4. The summed E-state index contributed by atoms with van der Waals surface area (Å²) in [6.45, 7) is 0. The van der Waals surface area contributed by atoms with Gasteiger partial charge < -0.3 is 9.47 Å². The summed E-state index contributed by atoms with van der Waals surface area (Å²) in [4.78, 5) is 27.3. The molecule has 0 unspecified atom stereocenters. The van der Waals surface area contributed by atoms with Gasteiger partial charge in [0.15, 0.2) is 0 Å². The van der Waals surface area contributed by atoms with Gasteiger partial charge in [0.25, 0.3) is 5.91 Å². The number of aliphatic imine (C=N–C) groups is 1. The van der Waals surface area contributed by atoms with Crippen LogP contribution in [0.3, 0.4) is 0 Å². The number of carbonyl (C=O) groups is 2. The number of esters is 1. The number of ether oxygens (including phenoxy) is 2. The Morgan fingerprint density at radius 3 is 2.19 bits per heavy atom. The predicted octanol–water partition coefficient (Wildman–Crippen LogP) is 2.33. The highest BCUT2D eigenvalue weighted by Crippen LogP contribution is 2.31. The van der Waals surface area contributed by atoms with Crippen LogP contribution in [0.25, 0.3) is 0 Å². The van der Waals surface area contributed by atoms with E-state index in [1.54, 1.807) is 24.3 Å². The topological polar surface area (TPSA) is 65.0 Å². The van der Waals surface area contributed by atoms with Crippen molar-refractivity contribution in [2.24, 2.45) is 16.8 Å². The fourth-order valence-corrected chi connectivity index (χ4v) is 1.93. The Morgan fingerprint density at radius 1 is 1.05 bits per heavy atom. The van der Waals surface area contributed by atoms with Gasteiger partial charge in [0, 0.05) is 11.5 Å². The van der Waals surface area contributed by atoms with E-state index in [1.165, 1.54) is 7.11 Å². The van der Waals surface area contributed by atoms with Gasteiger partial charge in [-0.3, -0.25) is 9.59 Å². The summed E-state index contributed by atoms with van der Waals surface area (Å²) in [6.07, 6.45) is 3.66. The highest BCUT2D eigenvalue weighted by Gasteiger charge is 2.32. The largest absolute Gasteiger partial charge is 0.480 e. The van der Waals surface area contributed by atoms with Gasteiger partial charge in [-0.1, -0.05) is 0 Å². The van der Waals surface area contributed by atoms with Crippen molar-refractivity contribution in [3.63, 3.8) is 0 Å². The molecule has 0 aromatic heterocycles. The first-order valence-electron chi connectivity index (χ1n) is 7.16. The summed E-state index contributed by atoms with van der Waals surface area (Å²) in [5.74, 6) is 0.626. The zero-order chi connectivity index (χ0) is 14.8. The molecule has 0 spiro atoms. The molecule has 1 amide bonds. The minimum atomic E-state index is -0.174. The Morgan fingerprint density at radius 2 is 1.67 bits per heavy atom. The molecule has 5 nitrogen and oxygen atoms in total. The van der Waals surface area contributed by atoms with E-state index in [2.05, 4.69) is 4.99 Å². The molecule has 110 valence electrons. The summed E-state index contributed by atoms with van der Waals surface area (Å²) in [6, 6.07) is 6.84. The zero-order valence-electron chi connectivity index (χ0n) is 11.9. The Bertz CT molecular complexity index is 583. The standard InChI is InChI=1S/C16H17NO4/c1-20-15(17-14(18)10-2-3-10)11-6-8-13(9-7-11)21-16(19)12-4-5-12/h6-10,12H,2-5H2,1H3. The number of benzene rings is 1. The second kappa shape index (κ2) is 5.68. The average Bonchev–Trinajstić information content (AvgIpc) is 3.37. The van der Waals surface area contributed by atoms with E-state index in [0.29, 0.717) is 17.2 Å². The smallest absolute Gasteiger partial charge is 0.314 e. The van der Waals surface area contributed by atoms with E-state index >= 15 is 0 Å². The predicted molar refractivity (Wildman–Crippen MR) is 76.1 cm³/mol. The van der Waals surface area contributed by atoms with Crippen molar-refractivity contribution in [3.8, 4) is 5.75 Å². The molecule has 0 bridgehead atoms. The molecule has 0 N–H and O–H groups in total. The molecule has 1 aromatic carbocycles. The summed E-state index contributed by atoms with van der Waals surface area (Å²) in [5, 5.41) is 0. The lowest BCUT2D eigenvalue weighted by molar-refractivity contribution is -0.135. The van der Waals surface area contributed by atoms with E-state index in [4.69, 9.17) is 9.47 Å². The molecule has 0 aliphatic heterocycles. The quantitative estimate of drug-likeness (QED) is 0.369. The van der Waals surface area contributed by atoms with Crippen LogP contribution < -0.4 is 4.74 Å². The molecule has 3 rings (SSSR count). The normalized spacial score (nSPS) is 18.2. The molecule has 5 heteroatoms. The number of hydrogen-bond donors (Lipinski definition) is 0. The fourth-order valence-electron chi connectivity index (χ4n) is 1.93. The third-order valence-corrected chi connectivity index (χ3v) is 3.56. The summed E-state index contributed by atoms with van der Waals surface area (Å²) >= 11 is 0. The van der Waals surface area contributed by atoms with Gasteiger partial charge in [0.2, 0.25) is 5.90 Å². The number of nitrogens with zero attached hydrogens (tertiary/aromatic N) is 1. The highest BCUT2D eigenvalue weighted by molar-refractivity contribution is 6.02. The summed E-state index contributed by atoms with van der Waals surface area (Å²) in [7, 11) is 1.49. The van der Waals surface area contributed by atoms with Crippen LogP contribution in [0.15, 0.2) is 29.3 Å². The van der Waals surface area contributed by atoms with Crippen molar-refractivity contribution in [2.45, 2.75) is 25.7 Å². The number of hydrogen-bond acceptors (Lipinski definition) is 4. The lowest BCUT2D eigenvalue weighted by atomic mass is 10.2. The first-order valence-corrected chi connectivity index (χ1v) is 7.16. The van der Waals surface area contributed by atoms with Gasteiger partial charge in [0.1, 0.15) is 5.75 Å². The van der Waals surface area contributed by atoms with E-state index in [-0.39, 0.29) is 23.7 Å². The van der Waals surface area contributed by atoms with Gasteiger partial charge in [0.05, 0.1) is 13.0 Å². The van der Waals surface area contributed by atoms with Gasteiger partial charge in [-0.05, 0) is 49.9 Å². The van der Waals surface area contributed by atoms with Crippen molar-refractivity contribution >= 4 is 17.8 Å². The molecule has 2 saturated carbocycles. The van der Waals surface area contributed by atoms with Gasteiger partial charge in [-0.2, -0.15) is 4.99 Å². The fraction of sp³-hybridized carbons (Fsp3) is 0.438. The Kier molecular flexibility index (Phi) is 3.73. The van der Waals surface area contributed by atoms with Crippen LogP contribution in [-0.4, -0.2) is 24.9 Å². The number of amides is 1. The van der Waals surface area contributed by atoms with Gasteiger partial charge in [-0.25, -0.2) is 0 Å². The SMILES string of the molecule is COC(=NC(=O)C1CC1)c1ccc(OC(=O)C2CC2)cc1.